The molecular formula is C29H34F6N6O6. The third kappa shape index (κ3) is 10.8. The van der Waals surface area contributed by atoms with Crippen LogP contribution >= 0.6 is 0 Å². The van der Waals surface area contributed by atoms with Crippen LogP contribution < -0.4 is 10.1 Å². The number of anilines is 1. The lowest BCUT2D eigenvalue weighted by Gasteiger charge is -2.42. The highest BCUT2D eigenvalue weighted by molar-refractivity contribution is 6.04. The van der Waals surface area contributed by atoms with Crippen LogP contribution in [0.4, 0.5) is 32.0 Å². The summed E-state index contributed by atoms with van der Waals surface area (Å²) in [6.45, 7) is 8.70. The van der Waals surface area contributed by atoms with Crippen molar-refractivity contribution in [2.24, 2.45) is 5.92 Å². The first kappa shape index (κ1) is 37.0. The molecule has 3 N–H and O–H groups in total. The molecule has 2 fully saturated rings. The zero-order chi connectivity index (χ0) is 35.1. The number of carbonyl (C=O) groups is 3. The van der Waals surface area contributed by atoms with Gasteiger partial charge in [0.2, 0.25) is 0 Å². The summed E-state index contributed by atoms with van der Waals surface area (Å²) in [7, 11) is 1.62. The molecule has 258 valence electrons. The molecule has 1 amide bonds. The number of carboxylic acid groups (broad SMARTS) is 2. The molecule has 5 rings (SSSR count). The Balaban J connectivity index is 0.000000360. The predicted molar refractivity (Wildman–Crippen MR) is 155 cm³/mol. The second-order valence-electron chi connectivity index (χ2n) is 11.0. The maximum atomic E-state index is 13.0. The normalized spacial score (nSPS) is 17.3. The van der Waals surface area contributed by atoms with Gasteiger partial charge in [0.15, 0.2) is 11.5 Å². The summed E-state index contributed by atoms with van der Waals surface area (Å²) in [4.78, 5) is 35.8. The van der Waals surface area contributed by atoms with Crippen LogP contribution in [0, 0.1) is 5.92 Å². The minimum absolute atomic E-state index is 0.146. The fraction of sp³-hybridized carbons (Fsp3) is 0.483. The van der Waals surface area contributed by atoms with Gasteiger partial charge in [-0.25, -0.2) is 9.59 Å². The average Bonchev–Trinajstić information content (AvgIpc) is 3.71. The van der Waals surface area contributed by atoms with Gasteiger partial charge in [0, 0.05) is 44.1 Å². The molecule has 2 aliphatic rings. The Morgan fingerprint density at radius 3 is 2.00 bits per heavy atom. The van der Waals surface area contributed by atoms with Crippen molar-refractivity contribution in [3.8, 4) is 5.75 Å². The fourth-order valence-corrected chi connectivity index (χ4v) is 4.68. The van der Waals surface area contributed by atoms with Crippen molar-refractivity contribution >= 4 is 29.2 Å². The Bertz CT molecular complexity index is 1500. The molecule has 3 heterocycles. The molecule has 1 atom stereocenters. The van der Waals surface area contributed by atoms with E-state index in [2.05, 4.69) is 39.2 Å². The van der Waals surface area contributed by atoms with E-state index in [1.54, 1.807) is 13.2 Å². The monoisotopic (exact) mass is 676 g/mol. The molecule has 1 saturated heterocycles. The number of benzene rings is 1. The fourth-order valence-electron chi connectivity index (χ4n) is 4.68. The molecule has 0 radical (unpaired) electrons. The molecule has 1 saturated carbocycles. The number of piperazine rings is 1. The number of carbonyl (C=O) groups excluding carboxylic acids is 1. The Hall–Kier alpha value is -4.45. The molecule has 1 aliphatic heterocycles. The molecule has 1 aliphatic carbocycles. The van der Waals surface area contributed by atoms with Crippen LogP contribution in [0.5, 0.6) is 5.75 Å². The number of rotatable bonds is 7. The second kappa shape index (κ2) is 15.4. The first-order valence-electron chi connectivity index (χ1n) is 14.3. The molecule has 18 heteroatoms. The van der Waals surface area contributed by atoms with Crippen molar-refractivity contribution in [3.63, 3.8) is 0 Å². The van der Waals surface area contributed by atoms with E-state index in [-0.39, 0.29) is 11.9 Å². The van der Waals surface area contributed by atoms with Crippen molar-refractivity contribution in [2.45, 2.75) is 51.1 Å². The minimum atomic E-state index is -5.08. The van der Waals surface area contributed by atoms with E-state index in [0.29, 0.717) is 11.6 Å². The van der Waals surface area contributed by atoms with Gasteiger partial charge in [0.05, 0.1) is 18.7 Å². The molecule has 3 aromatic rings. The number of carboxylic acids is 2. The summed E-state index contributed by atoms with van der Waals surface area (Å²) in [6.07, 6.45) is -5.59. The van der Waals surface area contributed by atoms with Crippen LogP contribution in [0.25, 0.3) is 5.65 Å². The molecule has 0 spiro atoms. The number of aliphatic carboxylic acids is 2. The Kier molecular flexibility index (Phi) is 12.1. The third-order valence-corrected chi connectivity index (χ3v) is 7.20. The standard InChI is InChI=1S/C25H32N6O2.2C2HF3O2/c1-17(2)30-13-12-29(14-18-4-5-18)16-22(30)24-28-27-23-11-6-19(15-31(23)24)25(32)26-20-7-9-21(33-3)10-8-20;2*3-2(4,5)1(6)7/h6-11,15,17-18,22H,4-5,12-14,16H2,1-3H3,(H,26,32);2*(H,6,7). The Labute approximate surface area is 264 Å². The second-order valence-corrected chi connectivity index (χ2v) is 11.0. The molecular weight excluding hydrogens is 642 g/mol. The quantitative estimate of drug-likeness (QED) is 0.300. The average molecular weight is 677 g/mol. The van der Waals surface area contributed by atoms with Crippen LogP contribution in [0.2, 0.25) is 0 Å². The maximum absolute atomic E-state index is 13.0. The lowest BCUT2D eigenvalue weighted by atomic mass is 10.1. The zero-order valence-corrected chi connectivity index (χ0v) is 25.5. The van der Waals surface area contributed by atoms with E-state index in [0.717, 1.165) is 48.5 Å². The molecule has 1 unspecified atom stereocenters. The van der Waals surface area contributed by atoms with Gasteiger partial charge in [0.25, 0.3) is 5.91 Å². The van der Waals surface area contributed by atoms with Crippen LogP contribution in [0.15, 0.2) is 42.6 Å². The van der Waals surface area contributed by atoms with E-state index in [1.807, 2.05) is 40.9 Å². The number of ether oxygens (including phenoxy) is 1. The predicted octanol–water partition coefficient (Wildman–Crippen LogP) is 4.73. The van der Waals surface area contributed by atoms with Crippen molar-refractivity contribution in [1.29, 1.82) is 0 Å². The van der Waals surface area contributed by atoms with Gasteiger partial charge in [-0.05, 0) is 69.0 Å². The smallest absolute Gasteiger partial charge is 0.490 e. The number of fused-ring (bicyclic) bond motifs is 1. The van der Waals surface area contributed by atoms with Crippen molar-refractivity contribution < 1.29 is 55.7 Å². The lowest BCUT2D eigenvalue weighted by molar-refractivity contribution is -0.193. The van der Waals surface area contributed by atoms with Gasteiger partial charge in [-0.15, -0.1) is 10.2 Å². The summed E-state index contributed by atoms with van der Waals surface area (Å²) in [5, 5.41) is 26.2. The maximum Gasteiger partial charge on any atom is 0.490 e. The van der Waals surface area contributed by atoms with Crippen molar-refractivity contribution in [2.75, 3.05) is 38.6 Å². The number of alkyl halides is 6. The first-order chi connectivity index (χ1) is 21.9. The van der Waals surface area contributed by atoms with Crippen molar-refractivity contribution in [3.05, 3.63) is 54.0 Å². The molecule has 2 aromatic heterocycles. The van der Waals surface area contributed by atoms with Crippen LogP contribution in [-0.2, 0) is 9.59 Å². The molecule has 47 heavy (non-hydrogen) atoms. The molecule has 0 bridgehead atoms. The van der Waals surface area contributed by atoms with Gasteiger partial charge in [-0.2, -0.15) is 26.3 Å². The highest BCUT2D eigenvalue weighted by Crippen LogP contribution is 2.33. The Morgan fingerprint density at radius 2 is 1.51 bits per heavy atom. The van der Waals surface area contributed by atoms with Gasteiger partial charge in [-0.1, -0.05) is 0 Å². The van der Waals surface area contributed by atoms with E-state index < -0.39 is 24.3 Å². The van der Waals surface area contributed by atoms with Crippen LogP contribution in [0.3, 0.4) is 0 Å². The summed E-state index contributed by atoms with van der Waals surface area (Å²) < 4.78 is 70.7. The minimum Gasteiger partial charge on any atom is -0.497 e. The summed E-state index contributed by atoms with van der Waals surface area (Å²) in [6, 6.07) is 11.5. The van der Waals surface area contributed by atoms with E-state index in [9.17, 15) is 31.1 Å². The van der Waals surface area contributed by atoms with Gasteiger partial charge in [-0.3, -0.25) is 19.0 Å². The van der Waals surface area contributed by atoms with Crippen LogP contribution in [0.1, 0.15) is 48.9 Å². The highest BCUT2D eigenvalue weighted by Gasteiger charge is 2.39. The number of hydrogen-bond acceptors (Lipinski definition) is 8. The van der Waals surface area contributed by atoms with E-state index in [1.165, 1.54) is 19.4 Å². The molecule has 12 nitrogen and oxygen atoms in total. The number of aromatic nitrogens is 3. The van der Waals surface area contributed by atoms with Gasteiger partial charge in [0.1, 0.15) is 5.75 Å². The SMILES string of the molecule is COc1ccc(NC(=O)c2ccc3nnc(C4CN(CC5CC5)CCN4C(C)C)n3c2)cc1.O=C(O)C(F)(F)F.O=C(O)C(F)(F)F. The lowest BCUT2D eigenvalue weighted by Crippen LogP contribution is -2.51. The van der Waals surface area contributed by atoms with E-state index in [4.69, 9.17) is 24.5 Å². The number of hydrogen-bond donors (Lipinski definition) is 3. The van der Waals surface area contributed by atoms with Gasteiger partial charge < -0.3 is 20.3 Å². The topological polar surface area (TPSA) is 150 Å². The number of amides is 1. The largest absolute Gasteiger partial charge is 0.497 e. The number of pyridine rings is 1. The number of halogens is 6. The van der Waals surface area contributed by atoms with Gasteiger partial charge >= 0.3 is 24.3 Å². The first-order valence-corrected chi connectivity index (χ1v) is 14.3. The molecule has 1 aromatic carbocycles. The number of nitrogens with zero attached hydrogens (tertiary/aromatic N) is 5. The summed E-state index contributed by atoms with van der Waals surface area (Å²) in [5.74, 6) is -3.17. The Morgan fingerprint density at radius 1 is 0.936 bits per heavy atom. The van der Waals surface area contributed by atoms with E-state index >= 15 is 0 Å². The van der Waals surface area contributed by atoms with Crippen molar-refractivity contribution in [1.82, 2.24) is 24.4 Å². The number of methoxy groups -OCH3 is 1. The zero-order valence-electron chi connectivity index (χ0n) is 25.5. The number of nitrogens with one attached hydrogen (secondary N) is 1. The highest BCUT2D eigenvalue weighted by atomic mass is 19.4. The third-order valence-electron chi connectivity index (χ3n) is 7.20. The van der Waals surface area contributed by atoms with Crippen LogP contribution in [-0.4, -0.2) is 104 Å². The summed E-state index contributed by atoms with van der Waals surface area (Å²) >= 11 is 0. The summed E-state index contributed by atoms with van der Waals surface area (Å²) in [5.41, 5.74) is 2.05.